The van der Waals surface area contributed by atoms with Gasteiger partial charge in [0.25, 0.3) is 5.56 Å². The molecule has 0 saturated heterocycles. The lowest BCUT2D eigenvalue weighted by atomic mass is 10.1. The monoisotopic (exact) mass is 245 g/mol. The number of carbonyl (C=O) groups excluding carboxylic acids is 1. The molecule has 0 saturated carbocycles. The number of carbonyl (C=O) groups is 1. The Labute approximate surface area is 105 Å². The summed E-state index contributed by atoms with van der Waals surface area (Å²) in [6, 6.07) is 5.43. The van der Waals surface area contributed by atoms with E-state index < -0.39 is 0 Å². The van der Waals surface area contributed by atoms with Crippen molar-refractivity contribution in [2.75, 3.05) is 0 Å². The molecule has 4 nitrogen and oxygen atoms in total. The molecule has 0 bridgehead atoms. The molecular formula is C14H15NO3. The molecular weight excluding hydrogens is 230 g/mol. The van der Waals surface area contributed by atoms with Gasteiger partial charge in [-0.25, -0.2) is 0 Å². The van der Waals surface area contributed by atoms with E-state index in [0.29, 0.717) is 17.4 Å². The van der Waals surface area contributed by atoms with E-state index in [2.05, 4.69) is 4.98 Å². The average Bonchev–Trinajstić information content (AvgIpc) is 2.30. The van der Waals surface area contributed by atoms with Crippen LogP contribution in [-0.4, -0.2) is 17.4 Å². The number of aryl methyl sites for hydroxylation is 1. The number of benzene rings is 1. The summed E-state index contributed by atoms with van der Waals surface area (Å²) in [5, 5.41) is 0.829. The summed E-state index contributed by atoms with van der Waals surface area (Å²) in [6.07, 6.45) is 0.667. The maximum atomic E-state index is 11.6. The molecule has 2 aromatic rings. The Kier molecular flexibility index (Phi) is 3.19. The first-order chi connectivity index (χ1) is 8.52. The fraction of sp³-hybridized carbons (Fsp3) is 0.286. The number of nitrogens with one attached hydrogen (secondary N) is 1. The minimum absolute atomic E-state index is 0.0797. The fourth-order valence-electron chi connectivity index (χ4n) is 1.94. The Hall–Kier alpha value is -2.10. The summed E-state index contributed by atoms with van der Waals surface area (Å²) in [5.74, 6) is 0.726. The van der Waals surface area contributed by atoms with Gasteiger partial charge in [-0.15, -0.1) is 0 Å². The predicted octanol–water partition coefficient (Wildman–Crippen LogP) is 2.44. The van der Waals surface area contributed by atoms with Crippen LogP contribution in [0.1, 0.15) is 29.8 Å². The normalized spacial score (nSPS) is 10.9. The third-order valence-corrected chi connectivity index (χ3v) is 2.78. The van der Waals surface area contributed by atoms with Crippen LogP contribution in [0.25, 0.3) is 10.9 Å². The van der Waals surface area contributed by atoms with Crippen molar-refractivity contribution in [1.29, 1.82) is 0 Å². The second-order valence-corrected chi connectivity index (χ2v) is 4.48. The van der Waals surface area contributed by atoms with Crippen molar-refractivity contribution in [3.8, 4) is 5.75 Å². The van der Waals surface area contributed by atoms with Crippen LogP contribution in [0.15, 0.2) is 23.0 Å². The molecule has 4 heteroatoms. The van der Waals surface area contributed by atoms with Crippen LogP contribution in [0.3, 0.4) is 0 Å². The SMILES string of the molecule is Cc1c(C=O)c(=O)[nH]c2ccc(OC(C)C)cc12. The molecule has 18 heavy (non-hydrogen) atoms. The standard InChI is InChI=1S/C14H15NO3/c1-8(2)18-10-4-5-13-11(6-10)9(3)12(7-16)14(17)15-13/h4-8H,1-3H3,(H,15,17). The van der Waals surface area contributed by atoms with Gasteiger partial charge in [0.2, 0.25) is 0 Å². The molecule has 0 aliphatic rings. The van der Waals surface area contributed by atoms with Crippen molar-refractivity contribution in [1.82, 2.24) is 4.98 Å². The van der Waals surface area contributed by atoms with Crippen LogP contribution in [0.5, 0.6) is 5.75 Å². The first-order valence-corrected chi connectivity index (χ1v) is 5.81. The van der Waals surface area contributed by atoms with Crippen LogP contribution in [-0.2, 0) is 0 Å². The maximum absolute atomic E-state index is 11.6. The van der Waals surface area contributed by atoms with Crippen molar-refractivity contribution in [3.05, 3.63) is 39.7 Å². The molecule has 1 heterocycles. The van der Waals surface area contributed by atoms with Gasteiger partial charge in [0.15, 0.2) is 6.29 Å². The van der Waals surface area contributed by atoms with E-state index in [1.54, 1.807) is 19.1 Å². The highest BCUT2D eigenvalue weighted by Crippen LogP contribution is 2.23. The van der Waals surface area contributed by atoms with Crippen molar-refractivity contribution < 1.29 is 9.53 Å². The number of H-pyrrole nitrogens is 1. The van der Waals surface area contributed by atoms with Crippen molar-refractivity contribution >= 4 is 17.2 Å². The Balaban J connectivity index is 2.68. The Bertz CT molecular complexity index is 656. The highest BCUT2D eigenvalue weighted by molar-refractivity contribution is 5.90. The predicted molar refractivity (Wildman–Crippen MR) is 70.5 cm³/mol. The van der Waals surface area contributed by atoms with E-state index in [9.17, 15) is 9.59 Å². The van der Waals surface area contributed by atoms with Gasteiger partial charge in [-0.2, -0.15) is 0 Å². The second kappa shape index (κ2) is 4.64. The van der Waals surface area contributed by atoms with Gasteiger partial charge in [0.05, 0.1) is 11.7 Å². The summed E-state index contributed by atoms with van der Waals surface area (Å²) < 4.78 is 5.60. The first-order valence-electron chi connectivity index (χ1n) is 5.81. The van der Waals surface area contributed by atoms with Crippen LogP contribution >= 0.6 is 0 Å². The first kappa shape index (κ1) is 12.4. The number of rotatable bonds is 3. The average molecular weight is 245 g/mol. The van der Waals surface area contributed by atoms with Gasteiger partial charge in [0, 0.05) is 10.9 Å². The highest BCUT2D eigenvalue weighted by atomic mass is 16.5. The molecule has 0 atom stereocenters. The van der Waals surface area contributed by atoms with Crippen molar-refractivity contribution in [2.45, 2.75) is 26.9 Å². The van der Waals surface area contributed by atoms with E-state index in [4.69, 9.17) is 4.74 Å². The molecule has 0 fully saturated rings. The Morgan fingerprint density at radius 1 is 1.33 bits per heavy atom. The quantitative estimate of drug-likeness (QED) is 0.845. The summed E-state index contributed by atoms with van der Waals surface area (Å²) in [4.78, 5) is 25.2. The van der Waals surface area contributed by atoms with Gasteiger partial charge < -0.3 is 9.72 Å². The van der Waals surface area contributed by atoms with Gasteiger partial charge in [-0.1, -0.05) is 0 Å². The lowest BCUT2D eigenvalue weighted by Gasteiger charge is -2.11. The fourth-order valence-corrected chi connectivity index (χ4v) is 1.94. The largest absolute Gasteiger partial charge is 0.491 e. The Morgan fingerprint density at radius 2 is 2.06 bits per heavy atom. The van der Waals surface area contributed by atoms with E-state index in [0.717, 1.165) is 11.1 Å². The topological polar surface area (TPSA) is 59.2 Å². The number of fused-ring (bicyclic) bond motifs is 1. The molecule has 94 valence electrons. The lowest BCUT2D eigenvalue weighted by Crippen LogP contribution is -2.14. The molecule has 0 aliphatic carbocycles. The number of aromatic amines is 1. The van der Waals surface area contributed by atoms with E-state index >= 15 is 0 Å². The zero-order valence-electron chi connectivity index (χ0n) is 10.6. The number of ether oxygens (including phenoxy) is 1. The van der Waals surface area contributed by atoms with E-state index in [1.807, 2.05) is 19.9 Å². The summed E-state index contributed by atoms with van der Waals surface area (Å²) in [7, 11) is 0. The number of pyridine rings is 1. The minimum Gasteiger partial charge on any atom is -0.491 e. The van der Waals surface area contributed by atoms with Crippen molar-refractivity contribution in [2.24, 2.45) is 0 Å². The molecule has 0 spiro atoms. The third kappa shape index (κ3) is 2.14. The zero-order valence-corrected chi connectivity index (χ0v) is 10.6. The molecule has 0 aliphatic heterocycles. The zero-order chi connectivity index (χ0) is 13.3. The summed E-state index contributed by atoms with van der Waals surface area (Å²) in [5.41, 5.74) is 1.20. The van der Waals surface area contributed by atoms with Crippen LogP contribution in [0, 0.1) is 6.92 Å². The summed E-state index contributed by atoms with van der Waals surface area (Å²) in [6.45, 7) is 5.65. The van der Waals surface area contributed by atoms with Crippen LogP contribution < -0.4 is 10.3 Å². The Morgan fingerprint density at radius 3 is 2.67 bits per heavy atom. The molecule has 0 amide bonds. The minimum atomic E-state index is -0.354. The van der Waals surface area contributed by atoms with Gasteiger partial charge in [-0.3, -0.25) is 9.59 Å². The number of hydrogen-bond acceptors (Lipinski definition) is 3. The van der Waals surface area contributed by atoms with Crippen LogP contribution in [0.4, 0.5) is 0 Å². The van der Waals surface area contributed by atoms with Crippen molar-refractivity contribution in [3.63, 3.8) is 0 Å². The maximum Gasteiger partial charge on any atom is 0.259 e. The van der Waals surface area contributed by atoms with E-state index in [-0.39, 0.29) is 17.2 Å². The smallest absolute Gasteiger partial charge is 0.259 e. The van der Waals surface area contributed by atoms with Gasteiger partial charge in [0.1, 0.15) is 5.75 Å². The molecule has 1 aromatic carbocycles. The number of hydrogen-bond donors (Lipinski definition) is 1. The molecule has 0 radical (unpaired) electrons. The number of aromatic nitrogens is 1. The molecule has 0 unspecified atom stereocenters. The summed E-state index contributed by atoms with van der Waals surface area (Å²) >= 11 is 0. The molecule has 1 N–H and O–H groups in total. The van der Waals surface area contributed by atoms with Gasteiger partial charge >= 0.3 is 0 Å². The van der Waals surface area contributed by atoms with Crippen LogP contribution in [0.2, 0.25) is 0 Å². The van der Waals surface area contributed by atoms with E-state index in [1.165, 1.54) is 0 Å². The van der Waals surface area contributed by atoms with Gasteiger partial charge in [-0.05, 0) is 44.5 Å². The molecule has 1 aromatic heterocycles. The lowest BCUT2D eigenvalue weighted by molar-refractivity contribution is 0.112. The second-order valence-electron chi connectivity index (χ2n) is 4.48. The molecule has 2 rings (SSSR count). The third-order valence-electron chi connectivity index (χ3n) is 2.78. The number of aldehydes is 1. The highest BCUT2D eigenvalue weighted by Gasteiger charge is 2.09.